The first-order valence-corrected chi connectivity index (χ1v) is 24.7. The number of hydrogen-bond donors (Lipinski definition) is 5. The zero-order valence-electron chi connectivity index (χ0n) is 41.0. The second-order valence-electron chi connectivity index (χ2n) is 18.0. The molecule has 20 heteroatoms. The quantitative estimate of drug-likeness (QED) is 0.0448. The highest BCUT2D eigenvalue weighted by Crippen LogP contribution is 2.41. The number of carbonyl (C=O) groups excluding carboxylic acids is 4. The number of thioether (sulfide) groups is 1. The summed E-state index contributed by atoms with van der Waals surface area (Å²) in [4.78, 5) is 74.9. The maximum Gasteiger partial charge on any atom is 0.327 e. The SMILES string of the molecule is CC(C)CCCN(C(=O)CSC[C@H](NC(=O)CCOCCOCCOCCOCCNC(=O)CNC(=O)CCC(=O)O)C(=O)O)[C@@H](c1cc(-c2cc(F)ccc2F)cn1Cc1ccccc1)C(C)(C)C. The first-order chi connectivity index (χ1) is 33.3. The molecule has 0 radical (unpaired) electrons. The maximum absolute atomic E-state index is 15.2. The molecule has 0 spiro atoms. The van der Waals surface area contributed by atoms with Gasteiger partial charge in [-0.2, -0.15) is 0 Å². The molecule has 0 bridgehead atoms. The van der Waals surface area contributed by atoms with Crippen LogP contribution in [0, 0.1) is 23.0 Å². The zero-order chi connectivity index (χ0) is 51.5. The van der Waals surface area contributed by atoms with E-state index in [2.05, 4.69) is 29.8 Å². The van der Waals surface area contributed by atoms with E-state index < -0.39 is 58.8 Å². The molecule has 388 valence electrons. The molecule has 1 heterocycles. The number of nitrogens with zero attached hydrogens (tertiary/aromatic N) is 2. The predicted molar refractivity (Wildman–Crippen MR) is 261 cm³/mol. The summed E-state index contributed by atoms with van der Waals surface area (Å²) in [6, 6.07) is 13.1. The van der Waals surface area contributed by atoms with Crippen LogP contribution in [-0.2, 0) is 54.3 Å². The molecule has 3 aromatic rings. The smallest absolute Gasteiger partial charge is 0.327 e. The number of carbonyl (C=O) groups is 6. The Morgan fingerprint density at radius 2 is 1.41 bits per heavy atom. The van der Waals surface area contributed by atoms with Crippen LogP contribution in [0.5, 0.6) is 0 Å². The number of benzene rings is 2. The lowest BCUT2D eigenvalue weighted by Gasteiger charge is -2.41. The van der Waals surface area contributed by atoms with Crippen molar-refractivity contribution >= 4 is 47.3 Å². The van der Waals surface area contributed by atoms with Gasteiger partial charge >= 0.3 is 11.9 Å². The van der Waals surface area contributed by atoms with Gasteiger partial charge in [-0.15, -0.1) is 11.8 Å². The lowest BCUT2D eigenvalue weighted by molar-refractivity contribution is -0.141. The summed E-state index contributed by atoms with van der Waals surface area (Å²) in [6.45, 7) is 12.9. The molecule has 0 aliphatic heterocycles. The maximum atomic E-state index is 15.2. The van der Waals surface area contributed by atoms with Crippen LogP contribution in [0.1, 0.15) is 84.0 Å². The van der Waals surface area contributed by atoms with Crippen LogP contribution in [0.25, 0.3) is 11.1 Å². The Hall–Kier alpha value is -5.41. The third kappa shape index (κ3) is 23.0. The van der Waals surface area contributed by atoms with Crippen molar-refractivity contribution < 1.29 is 66.7 Å². The Labute approximate surface area is 413 Å². The number of carboxylic acids is 2. The highest BCUT2D eigenvalue weighted by molar-refractivity contribution is 8.00. The van der Waals surface area contributed by atoms with E-state index in [-0.39, 0.29) is 95.0 Å². The fourth-order valence-corrected chi connectivity index (χ4v) is 8.13. The van der Waals surface area contributed by atoms with Crippen molar-refractivity contribution in [1.82, 2.24) is 25.4 Å². The number of amides is 4. The highest BCUT2D eigenvalue weighted by atomic mass is 32.2. The molecule has 0 aliphatic rings. The molecule has 4 amide bonds. The fraction of sp³-hybridized carbons (Fsp3) is 0.560. The topological polar surface area (TPSA) is 224 Å². The van der Waals surface area contributed by atoms with E-state index >= 15 is 4.39 Å². The minimum absolute atomic E-state index is 0.0297. The summed E-state index contributed by atoms with van der Waals surface area (Å²) in [5.74, 6) is -4.92. The van der Waals surface area contributed by atoms with Crippen molar-refractivity contribution in [2.45, 2.75) is 85.4 Å². The molecular weight excluding hydrogens is 933 g/mol. The number of ether oxygens (including phenoxy) is 4. The van der Waals surface area contributed by atoms with Gasteiger partial charge in [-0.1, -0.05) is 65.0 Å². The molecule has 70 heavy (non-hydrogen) atoms. The van der Waals surface area contributed by atoms with Gasteiger partial charge in [0.25, 0.3) is 0 Å². The van der Waals surface area contributed by atoms with E-state index in [0.717, 1.165) is 41.6 Å². The Kier molecular flexibility index (Phi) is 26.7. The van der Waals surface area contributed by atoms with Gasteiger partial charge in [0.05, 0.1) is 77.6 Å². The van der Waals surface area contributed by atoms with E-state index in [9.17, 15) is 38.3 Å². The molecule has 0 fully saturated rings. The lowest BCUT2D eigenvalue weighted by atomic mass is 9.82. The van der Waals surface area contributed by atoms with E-state index in [1.165, 1.54) is 6.07 Å². The second kappa shape index (κ2) is 31.7. The molecule has 17 nitrogen and oxygen atoms in total. The average Bonchev–Trinajstić information content (AvgIpc) is 3.70. The van der Waals surface area contributed by atoms with E-state index in [4.69, 9.17) is 24.1 Å². The Morgan fingerprint density at radius 1 is 0.771 bits per heavy atom. The zero-order valence-corrected chi connectivity index (χ0v) is 41.8. The minimum Gasteiger partial charge on any atom is -0.481 e. The summed E-state index contributed by atoms with van der Waals surface area (Å²) in [5, 5.41) is 26.0. The molecule has 1 aromatic heterocycles. The molecule has 0 unspecified atom stereocenters. The van der Waals surface area contributed by atoms with Crippen molar-refractivity contribution in [3.8, 4) is 11.1 Å². The highest BCUT2D eigenvalue weighted by Gasteiger charge is 2.37. The monoisotopic (exact) mass is 1000 g/mol. The number of hydrogen-bond acceptors (Lipinski definition) is 11. The number of rotatable bonds is 35. The standard InChI is InChI=1S/C50H71F2N5O12S/c1-35(2)10-9-19-57(48(50(3,4)5)42-28-37(39-29-38(51)13-14-40(39)52)32-56(42)31-36-11-7-6-8-12-36)46(61)34-70-33-41(49(64)65)55-44(59)17-20-66-22-24-68-26-27-69-25-23-67-21-18-53-45(60)30-54-43(58)15-16-47(62)63/h6-8,11-14,28-29,32,35,41,48H,9-10,15-27,30-31,33-34H2,1-5H3,(H,53,60)(H,54,58)(H,55,59)(H,62,63)(H,64,65)/t41-,48-/m0/s1. The van der Waals surface area contributed by atoms with Gasteiger partial charge in [-0.25, -0.2) is 13.6 Å². The van der Waals surface area contributed by atoms with Crippen LogP contribution in [0.15, 0.2) is 60.8 Å². The van der Waals surface area contributed by atoms with E-state index in [1.54, 1.807) is 6.20 Å². The van der Waals surface area contributed by atoms with Gasteiger partial charge in [-0.3, -0.25) is 24.0 Å². The van der Waals surface area contributed by atoms with Crippen molar-refractivity contribution in [1.29, 1.82) is 0 Å². The van der Waals surface area contributed by atoms with Gasteiger partial charge in [0, 0.05) is 61.2 Å². The summed E-state index contributed by atoms with van der Waals surface area (Å²) in [5.41, 5.74) is 1.77. The van der Waals surface area contributed by atoms with Gasteiger partial charge in [0.2, 0.25) is 23.6 Å². The Balaban J connectivity index is 1.45. The predicted octanol–water partition coefficient (Wildman–Crippen LogP) is 5.69. The van der Waals surface area contributed by atoms with Crippen LogP contribution in [0.2, 0.25) is 0 Å². The normalized spacial score (nSPS) is 12.3. The molecular formula is C50H71F2N5O12S. The van der Waals surface area contributed by atoms with Crippen LogP contribution < -0.4 is 16.0 Å². The number of aliphatic carboxylic acids is 2. The molecule has 0 saturated carbocycles. The number of carboxylic acid groups (broad SMARTS) is 2. The summed E-state index contributed by atoms with van der Waals surface area (Å²) < 4.78 is 53.4. The first kappa shape index (κ1) is 58.9. The number of nitrogens with one attached hydrogen (secondary N) is 3. The van der Waals surface area contributed by atoms with Crippen molar-refractivity contribution in [3.63, 3.8) is 0 Å². The van der Waals surface area contributed by atoms with Crippen LogP contribution in [0.4, 0.5) is 8.78 Å². The van der Waals surface area contributed by atoms with E-state index in [1.807, 2.05) is 66.6 Å². The molecule has 0 aliphatic carbocycles. The molecule has 5 N–H and O–H groups in total. The third-order valence-electron chi connectivity index (χ3n) is 10.6. The van der Waals surface area contributed by atoms with Gasteiger partial charge < -0.3 is 54.6 Å². The van der Waals surface area contributed by atoms with Gasteiger partial charge in [-0.05, 0) is 54.0 Å². The fourth-order valence-electron chi connectivity index (χ4n) is 7.21. The number of halogens is 2. The van der Waals surface area contributed by atoms with Crippen LogP contribution in [-0.4, -0.2) is 145 Å². The average molecular weight is 1000 g/mol. The van der Waals surface area contributed by atoms with Crippen molar-refractivity contribution in [2.24, 2.45) is 11.3 Å². The van der Waals surface area contributed by atoms with Crippen molar-refractivity contribution in [2.75, 3.05) is 84.0 Å². The third-order valence-corrected chi connectivity index (χ3v) is 11.6. The molecule has 0 saturated heterocycles. The second-order valence-corrected chi connectivity index (χ2v) is 19.0. The lowest BCUT2D eigenvalue weighted by Crippen LogP contribution is -2.45. The summed E-state index contributed by atoms with van der Waals surface area (Å²) in [7, 11) is 0. The Morgan fingerprint density at radius 3 is 2.03 bits per heavy atom. The largest absolute Gasteiger partial charge is 0.481 e. The Bertz CT molecular complexity index is 2100. The number of aromatic nitrogens is 1. The molecule has 2 aromatic carbocycles. The molecule has 2 atom stereocenters. The summed E-state index contributed by atoms with van der Waals surface area (Å²) >= 11 is 1.11. The minimum atomic E-state index is -1.26. The first-order valence-electron chi connectivity index (χ1n) is 23.5. The van der Waals surface area contributed by atoms with Crippen LogP contribution in [0.3, 0.4) is 0 Å². The van der Waals surface area contributed by atoms with E-state index in [0.29, 0.717) is 44.2 Å². The molecule has 3 rings (SSSR count). The van der Waals surface area contributed by atoms with Gasteiger partial charge in [0.15, 0.2) is 0 Å². The summed E-state index contributed by atoms with van der Waals surface area (Å²) in [6.07, 6.45) is 2.75. The van der Waals surface area contributed by atoms with Crippen molar-refractivity contribution in [3.05, 3.63) is 83.7 Å². The van der Waals surface area contributed by atoms with Gasteiger partial charge in [0.1, 0.15) is 17.7 Å². The van der Waals surface area contributed by atoms with Crippen LogP contribution >= 0.6 is 11.8 Å².